The zero-order chi connectivity index (χ0) is 20.9. The van der Waals surface area contributed by atoms with Gasteiger partial charge in [-0.15, -0.1) is 0 Å². The van der Waals surface area contributed by atoms with Gasteiger partial charge >= 0.3 is 6.18 Å². The number of carbonyl (C=O) groups is 1. The molecule has 0 unspecified atom stereocenters. The Morgan fingerprint density at radius 1 is 1.18 bits per heavy atom. The summed E-state index contributed by atoms with van der Waals surface area (Å²) in [5, 5.41) is 11.4. The van der Waals surface area contributed by atoms with Gasteiger partial charge in [-0.2, -0.15) is 18.4 Å². The van der Waals surface area contributed by atoms with Crippen molar-refractivity contribution < 1.29 is 27.4 Å². The Morgan fingerprint density at radius 3 is 2.46 bits per heavy atom. The standard InChI is InChI=1S/C19H14ClF3N2O3/c1-27-14-5-3-11(17(9-14)28-2)7-12(10-24)18(26)25-16-8-13(19(21,22)23)4-6-15(16)20/h3-9H,1-2H3,(H,25,26). The second-order valence-electron chi connectivity index (χ2n) is 5.42. The fraction of sp³-hybridized carbons (Fsp3) is 0.158. The summed E-state index contributed by atoms with van der Waals surface area (Å²) in [6.45, 7) is 0. The minimum Gasteiger partial charge on any atom is -0.497 e. The van der Waals surface area contributed by atoms with E-state index >= 15 is 0 Å². The Morgan fingerprint density at radius 2 is 1.89 bits per heavy atom. The van der Waals surface area contributed by atoms with Gasteiger partial charge in [-0.25, -0.2) is 0 Å². The van der Waals surface area contributed by atoms with E-state index in [1.807, 2.05) is 0 Å². The predicted octanol–water partition coefficient (Wildman–Crippen LogP) is 4.92. The van der Waals surface area contributed by atoms with Crippen LogP contribution in [0.5, 0.6) is 11.5 Å². The highest BCUT2D eigenvalue weighted by Gasteiger charge is 2.31. The molecule has 0 aliphatic rings. The number of alkyl halides is 3. The van der Waals surface area contributed by atoms with Gasteiger partial charge in [0.15, 0.2) is 0 Å². The molecule has 2 aromatic rings. The van der Waals surface area contributed by atoms with Crippen LogP contribution in [0.2, 0.25) is 5.02 Å². The molecule has 1 amide bonds. The molecule has 9 heteroatoms. The third-order valence-corrected chi connectivity index (χ3v) is 3.98. The second kappa shape index (κ2) is 8.67. The van der Waals surface area contributed by atoms with Crippen LogP contribution in [-0.4, -0.2) is 20.1 Å². The summed E-state index contributed by atoms with van der Waals surface area (Å²) in [5.41, 5.74) is -1.18. The number of rotatable bonds is 5. The van der Waals surface area contributed by atoms with Crippen molar-refractivity contribution in [2.24, 2.45) is 0 Å². The van der Waals surface area contributed by atoms with Crippen LogP contribution in [0.15, 0.2) is 42.0 Å². The van der Waals surface area contributed by atoms with Crippen molar-refractivity contribution in [1.82, 2.24) is 0 Å². The molecule has 0 fully saturated rings. The Labute approximate surface area is 163 Å². The summed E-state index contributed by atoms with van der Waals surface area (Å²) < 4.78 is 48.8. The van der Waals surface area contributed by atoms with E-state index in [4.69, 9.17) is 21.1 Å². The van der Waals surface area contributed by atoms with Crippen LogP contribution in [-0.2, 0) is 11.0 Å². The maximum absolute atomic E-state index is 12.9. The number of halogens is 4. The molecule has 1 N–H and O–H groups in total. The number of benzene rings is 2. The van der Waals surface area contributed by atoms with Gasteiger partial charge in [-0.05, 0) is 36.4 Å². The Bertz CT molecular complexity index is 966. The lowest BCUT2D eigenvalue weighted by Gasteiger charge is -2.12. The van der Waals surface area contributed by atoms with E-state index in [1.165, 1.54) is 20.3 Å². The molecule has 28 heavy (non-hydrogen) atoms. The molecular weight excluding hydrogens is 397 g/mol. The summed E-state index contributed by atoms with van der Waals surface area (Å²) in [6, 6.07) is 8.95. The average Bonchev–Trinajstić information content (AvgIpc) is 2.66. The molecule has 0 saturated heterocycles. The van der Waals surface area contributed by atoms with E-state index in [0.717, 1.165) is 12.1 Å². The monoisotopic (exact) mass is 410 g/mol. The number of nitrogens with zero attached hydrogens (tertiary/aromatic N) is 1. The van der Waals surface area contributed by atoms with Crippen LogP contribution in [0.4, 0.5) is 18.9 Å². The van der Waals surface area contributed by atoms with E-state index in [0.29, 0.717) is 23.1 Å². The van der Waals surface area contributed by atoms with E-state index < -0.39 is 17.6 Å². The third kappa shape index (κ3) is 4.96. The smallest absolute Gasteiger partial charge is 0.416 e. The van der Waals surface area contributed by atoms with Gasteiger partial charge in [-0.1, -0.05) is 11.6 Å². The number of nitrogens with one attached hydrogen (secondary N) is 1. The fourth-order valence-electron chi connectivity index (χ4n) is 2.23. The van der Waals surface area contributed by atoms with Crippen LogP contribution in [0, 0.1) is 11.3 Å². The minimum absolute atomic E-state index is 0.0966. The second-order valence-corrected chi connectivity index (χ2v) is 5.83. The molecule has 0 atom stereocenters. The molecule has 146 valence electrons. The SMILES string of the molecule is COc1ccc(C=C(C#N)C(=O)Nc2cc(C(F)(F)F)ccc2Cl)c(OC)c1. The maximum Gasteiger partial charge on any atom is 0.416 e. The maximum atomic E-state index is 12.9. The first kappa shape index (κ1) is 21.1. The molecule has 0 radical (unpaired) electrons. The molecule has 0 aliphatic carbocycles. The molecule has 0 aliphatic heterocycles. The van der Waals surface area contributed by atoms with Gasteiger partial charge in [0.25, 0.3) is 5.91 Å². The van der Waals surface area contributed by atoms with Crippen molar-refractivity contribution in [3.05, 3.63) is 58.1 Å². The first-order chi connectivity index (χ1) is 13.2. The molecule has 5 nitrogen and oxygen atoms in total. The van der Waals surface area contributed by atoms with Crippen LogP contribution >= 0.6 is 11.6 Å². The van der Waals surface area contributed by atoms with Crippen LogP contribution in [0.3, 0.4) is 0 Å². The van der Waals surface area contributed by atoms with Crippen molar-refractivity contribution >= 4 is 29.3 Å². The topological polar surface area (TPSA) is 71.3 Å². The number of hydrogen-bond donors (Lipinski definition) is 1. The van der Waals surface area contributed by atoms with Crippen LogP contribution in [0.1, 0.15) is 11.1 Å². The number of ether oxygens (including phenoxy) is 2. The number of anilines is 1. The molecule has 0 heterocycles. The van der Waals surface area contributed by atoms with E-state index in [-0.39, 0.29) is 16.3 Å². The van der Waals surface area contributed by atoms with Gasteiger partial charge in [-0.3, -0.25) is 4.79 Å². The van der Waals surface area contributed by atoms with E-state index in [2.05, 4.69) is 5.32 Å². The Kier molecular flexibility index (Phi) is 6.54. The predicted molar refractivity (Wildman–Crippen MR) is 98.2 cm³/mol. The average molecular weight is 411 g/mol. The third-order valence-electron chi connectivity index (χ3n) is 3.65. The number of hydrogen-bond acceptors (Lipinski definition) is 4. The highest BCUT2D eigenvalue weighted by atomic mass is 35.5. The van der Waals surface area contributed by atoms with Crippen molar-refractivity contribution in [2.75, 3.05) is 19.5 Å². The van der Waals surface area contributed by atoms with Gasteiger partial charge in [0, 0.05) is 11.6 Å². The summed E-state index contributed by atoms with van der Waals surface area (Å²) in [7, 11) is 2.87. The van der Waals surface area contributed by atoms with Crippen LogP contribution < -0.4 is 14.8 Å². The molecule has 2 aromatic carbocycles. The first-order valence-electron chi connectivity index (χ1n) is 7.71. The first-order valence-corrected chi connectivity index (χ1v) is 8.09. The normalized spacial score (nSPS) is 11.5. The van der Waals surface area contributed by atoms with Gasteiger partial charge < -0.3 is 14.8 Å². The Balaban J connectivity index is 2.35. The largest absolute Gasteiger partial charge is 0.497 e. The summed E-state index contributed by atoms with van der Waals surface area (Å²) >= 11 is 5.86. The molecule has 0 aromatic heterocycles. The number of nitriles is 1. The summed E-state index contributed by atoms with van der Waals surface area (Å²) in [5.74, 6) is -0.0636. The lowest BCUT2D eigenvalue weighted by Crippen LogP contribution is -2.15. The number of amides is 1. The lowest BCUT2D eigenvalue weighted by atomic mass is 10.1. The molecule has 2 rings (SSSR count). The molecule has 0 bridgehead atoms. The van der Waals surface area contributed by atoms with Crippen molar-refractivity contribution in [3.8, 4) is 17.6 Å². The quantitative estimate of drug-likeness (QED) is 0.561. The molecular formula is C19H14ClF3N2O3. The zero-order valence-electron chi connectivity index (χ0n) is 14.7. The van der Waals surface area contributed by atoms with Crippen molar-refractivity contribution in [3.63, 3.8) is 0 Å². The molecule has 0 spiro atoms. The zero-order valence-corrected chi connectivity index (χ0v) is 15.5. The minimum atomic E-state index is -4.60. The van der Waals surface area contributed by atoms with Crippen LogP contribution in [0.25, 0.3) is 6.08 Å². The van der Waals surface area contributed by atoms with Crippen molar-refractivity contribution in [2.45, 2.75) is 6.18 Å². The fourth-order valence-corrected chi connectivity index (χ4v) is 2.39. The summed E-state index contributed by atoms with van der Waals surface area (Å²) in [4.78, 5) is 12.4. The van der Waals surface area contributed by atoms with Crippen molar-refractivity contribution in [1.29, 1.82) is 5.26 Å². The number of methoxy groups -OCH3 is 2. The Hall–Kier alpha value is -3.18. The highest BCUT2D eigenvalue weighted by molar-refractivity contribution is 6.34. The summed E-state index contributed by atoms with van der Waals surface area (Å²) in [6.07, 6.45) is -3.36. The van der Waals surface area contributed by atoms with Gasteiger partial charge in [0.1, 0.15) is 23.1 Å². The van der Waals surface area contributed by atoms with Gasteiger partial charge in [0.2, 0.25) is 0 Å². The van der Waals surface area contributed by atoms with Gasteiger partial charge in [0.05, 0.1) is 30.5 Å². The number of carbonyl (C=O) groups excluding carboxylic acids is 1. The lowest BCUT2D eigenvalue weighted by molar-refractivity contribution is -0.137. The molecule has 0 saturated carbocycles. The van der Waals surface area contributed by atoms with E-state index in [1.54, 1.807) is 24.3 Å². The highest BCUT2D eigenvalue weighted by Crippen LogP contribution is 2.34. The van der Waals surface area contributed by atoms with E-state index in [9.17, 15) is 23.2 Å².